The van der Waals surface area contributed by atoms with Crippen molar-refractivity contribution in [3.63, 3.8) is 0 Å². The van der Waals surface area contributed by atoms with Crippen molar-refractivity contribution in [1.29, 1.82) is 0 Å². The molecule has 4 heteroatoms. The summed E-state index contributed by atoms with van der Waals surface area (Å²) >= 11 is 0. The van der Waals surface area contributed by atoms with Gasteiger partial charge in [-0.1, -0.05) is 0 Å². The Kier molecular flexibility index (Phi) is 3.72. The Hall–Kier alpha value is -0.450. The molecule has 86 valence electrons. The van der Waals surface area contributed by atoms with Crippen LogP contribution in [0.2, 0.25) is 0 Å². The lowest BCUT2D eigenvalue weighted by Crippen LogP contribution is -2.58. The highest BCUT2D eigenvalue weighted by molar-refractivity contribution is 5.57. The molecule has 2 heterocycles. The van der Waals surface area contributed by atoms with Crippen LogP contribution < -0.4 is 5.32 Å². The van der Waals surface area contributed by atoms with Crippen LogP contribution in [0.4, 0.5) is 0 Å². The van der Waals surface area contributed by atoms with Crippen molar-refractivity contribution in [3.8, 4) is 0 Å². The van der Waals surface area contributed by atoms with E-state index in [1.54, 1.807) is 0 Å². The predicted molar refractivity (Wildman–Crippen MR) is 59.7 cm³/mol. The summed E-state index contributed by atoms with van der Waals surface area (Å²) < 4.78 is 0. The Labute approximate surface area is 91.6 Å². The maximum absolute atomic E-state index is 11.1. The van der Waals surface area contributed by atoms with E-state index in [1.807, 2.05) is 7.05 Å². The molecule has 0 bridgehead atoms. The van der Waals surface area contributed by atoms with E-state index in [1.165, 1.54) is 19.3 Å². The summed E-state index contributed by atoms with van der Waals surface area (Å²) in [6.07, 6.45) is 4.66. The van der Waals surface area contributed by atoms with Crippen molar-refractivity contribution in [1.82, 2.24) is 15.1 Å². The molecular formula is C11H21N3O. The zero-order valence-corrected chi connectivity index (χ0v) is 9.48. The van der Waals surface area contributed by atoms with Crippen molar-refractivity contribution in [2.75, 3.05) is 33.2 Å². The maximum atomic E-state index is 11.1. The van der Waals surface area contributed by atoms with Crippen LogP contribution in [0.25, 0.3) is 0 Å². The molecule has 2 fully saturated rings. The van der Waals surface area contributed by atoms with Gasteiger partial charge in [0.25, 0.3) is 0 Å². The number of nitrogens with zero attached hydrogens (tertiary/aromatic N) is 2. The van der Waals surface area contributed by atoms with Gasteiger partial charge in [0.05, 0.1) is 0 Å². The van der Waals surface area contributed by atoms with Gasteiger partial charge < -0.3 is 10.1 Å². The third kappa shape index (κ3) is 2.38. The molecular weight excluding hydrogens is 190 g/mol. The van der Waals surface area contributed by atoms with E-state index in [0.717, 1.165) is 32.5 Å². The van der Waals surface area contributed by atoms with Gasteiger partial charge in [-0.3, -0.25) is 9.80 Å². The molecule has 2 rings (SSSR count). The molecule has 0 aromatic rings. The smallest absolute Gasteiger partial charge is 0.151 e. The van der Waals surface area contributed by atoms with Crippen LogP contribution >= 0.6 is 0 Å². The molecule has 2 aliphatic rings. The number of piperidine rings is 1. The van der Waals surface area contributed by atoms with Gasteiger partial charge in [0.1, 0.15) is 6.17 Å². The van der Waals surface area contributed by atoms with Crippen molar-refractivity contribution < 1.29 is 4.79 Å². The molecule has 4 nitrogen and oxygen atoms in total. The van der Waals surface area contributed by atoms with E-state index < -0.39 is 0 Å². The third-order valence-corrected chi connectivity index (χ3v) is 3.62. The summed E-state index contributed by atoms with van der Waals surface area (Å²) in [5, 5.41) is 3.37. The molecule has 2 aliphatic heterocycles. The quantitative estimate of drug-likeness (QED) is 0.647. The lowest BCUT2D eigenvalue weighted by atomic mass is 10.0. The lowest BCUT2D eigenvalue weighted by Gasteiger charge is -2.44. The minimum absolute atomic E-state index is 0.0156. The number of nitrogens with one attached hydrogen (secondary N) is 1. The second-order valence-corrected chi connectivity index (χ2v) is 4.60. The second kappa shape index (κ2) is 5.05. The number of hydrogen-bond acceptors (Lipinski definition) is 4. The minimum atomic E-state index is 0.0156. The van der Waals surface area contributed by atoms with Gasteiger partial charge in [-0.2, -0.15) is 0 Å². The van der Waals surface area contributed by atoms with Crippen LogP contribution in [-0.2, 0) is 4.79 Å². The number of aldehydes is 1. The molecule has 0 saturated carbocycles. The third-order valence-electron chi connectivity index (χ3n) is 3.62. The summed E-state index contributed by atoms with van der Waals surface area (Å²) in [6.45, 7) is 4.32. The Morgan fingerprint density at radius 1 is 1.27 bits per heavy atom. The highest BCUT2D eigenvalue weighted by Crippen LogP contribution is 2.19. The average molecular weight is 211 g/mol. The first-order valence-electron chi connectivity index (χ1n) is 5.95. The average Bonchev–Trinajstić information content (AvgIpc) is 2.30. The van der Waals surface area contributed by atoms with Gasteiger partial charge in [-0.25, -0.2) is 0 Å². The SMILES string of the molecule is CN1CCCN(C2CCNCC2)C1C=O. The standard InChI is InChI=1S/C11H21N3O/c1-13-7-2-8-14(11(13)9-15)10-3-5-12-6-4-10/h9-12H,2-8H2,1H3. The number of hydrogen-bond donors (Lipinski definition) is 1. The van der Waals surface area contributed by atoms with Gasteiger partial charge in [-0.15, -0.1) is 0 Å². The molecule has 0 spiro atoms. The molecule has 0 aromatic heterocycles. The van der Waals surface area contributed by atoms with Crippen molar-refractivity contribution in [3.05, 3.63) is 0 Å². The number of carbonyl (C=O) groups excluding carboxylic acids is 1. The first-order chi connectivity index (χ1) is 7.33. The van der Waals surface area contributed by atoms with Crippen LogP contribution in [0.1, 0.15) is 19.3 Å². The highest BCUT2D eigenvalue weighted by atomic mass is 16.1. The van der Waals surface area contributed by atoms with Crippen LogP contribution in [0.3, 0.4) is 0 Å². The highest BCUT2D eigenvalue weighted by Gasteiger charge is 2.32. The van der Waals surface area contributed by atoms with E-state index in [0.29, 0.717) is 6.04 Å². The van der Waals surface area contributed by atoms with Crippen molar-refractivity contribution in [2.24, 2.45) is 0 Å². The molecule has 0 aliphatic carbocycles. The molecule has 0 radical (unpaired) electrons. The second-order valence-electron chi connectivity index (χ2n) is 4.60. The normalized spacial score (nSPS) is 31.7. The zero-order valence-electron chi connectivity index (χ0n) is 9.48. The number of carbonyl (C=O) groups is 1. The van der Waals surface area contributed by atoms with Crippen molar-refractivity contribution >= 4 is 6.29 Å². The van der Waals surface area contributed by atoms with Gasteiger partial charge in [0.2, 0.25) is 0 Å². The largest absolute Gasteiger partial charge is 0.317 e. The molecule has 1 N–H and O–H groups in total. The Morgan fingerprint density at radius 3 is 2.67 bits per heavy atom. The van der Waals surface area contributed by atoms with Gasteiger partial charge in [-0.05, 0) is 39.4 Å². The predicted octanol–water partition coefficient (Wildman–Crippen LogP) is -0.0991. The lowest BCUT2D eigenvalue weighted by molar-refractivity contribution is -0.123. The Morgan fingerprint density at radius 2 is 2.00 bits per heavy atom. The summed E-state index contributed by atoms with van der Waals surface area (Å²) in [5.74, 6) is 0. The number of likely N-dealkylation sites (N-methyl/N-ethyl adjacent to an activating group) is 1. The first kappa shape index (κ1) is 11.0. The fraction of sp³-hybridized carbons (Fsp3) is 0.909. The summed E-state index contributed by atoms with van der Waals surface area (Å²) in [7, 11) is 2.05. The summed E-state index contributed by atoms with van der Waals surface area (Å²) in [4.78, 5) is 15.7. The van der Waals surface area contributed by atoms with Gasteiger partial charge in [0.15, 0.2) is 6.29 Å². The van der Waals surface area contributed by atoms with E-state index in [-0.39, 0.29) is 6.17 Å². The van der Waals surface area contributed by atoms with Crippen LogP contribution in [0, 0.1) is 0 Å². The molecule has 0 aromatic carbocycles. The summed E-state index contributed by atoms with van der Waals surface area (Å²) in [5.41, 5.74) is 0. The molecule has 2 saturated heterocycles. The molecule has 1 unspecified atom stereocenters. The Balaban J connectivity index is 2.00. The maximum Gasteiger partial charge on any atom is 0.151 e. The fourth-order valence-electron chi connectivity index (χ4n) is 2.74. The van der Waals surface area contributed by atoms with Gasteiger partial charge in [0, 0.05) is 19.1 Å². The van der Waals surface area contributed by atoms with Crippen LogP contribution in [0.15, 0.2) is 0 Å². The summed E-state index contributed by atoms with van der Waals surface area (Å²) in [6, 6.07) is 0.601. The zero-order chi connectivity index (χ0) is 10.7. The van der Waals surface area contributed by atoms with E-state index in [4.69, 9.17) is 0 Å². The fourth-order valence-corrected chi connectivity index (χ4v) is 2.74. The first-order valence-corrected chi connectivity index (χ1v) is 5.95. The molecule has 1 atom stereocenters. The van der Waals surface area contributed by atoms with Crippen LogP contribution in [-0.4, -0.2) is 61.5 Å². The topological polar surface area (TPSA) is 35.6 Å². The molecule has 15 heavy (non-hydrogen) atoms. The van der Waals surface area contributed by atoms with Crippen molar-refractivity contribution in [2.45, 2.75) is 31.5 Å². The number of rotatable bonds is 2. The minimum Gasteiger partial charge on any atom is -0.317 e. The monoisotopic (exact) mass is 211 g/mol. The van der Waals surface area contributed by atoms with Crippen LogP contribution in [0.5, 0.6) is 0 Å². The molecule has 0 amide bonds. The Bertz CT molecular complexity index is 216. The van der Waals surface area contributed by atoms with E-state index in [2.05, 4.69) is 15.1 Å². The van der Waals surface area contributed by atoms with E-state index >= 15 is 0 Å². The van der Waals surface area contributed by atoms with E-state index in [9.17, 15) is 4.79 Å². The van der Waals surface area contributed by atoms with Gasteiger partial charge >= 0.3 is 0 Å².